The Morgan fingerprint density at radius 3 is 2.46 bits per heavy atom. The van der Waals surface area contributed by atoms with Gasteiger partial charge in [0.15, 0.2) is 17.5 Å². The van der Waals surface area contributed by atoms with Crippen molar-refractivity contribution < 1.29 is 63.2 Å². The highest BCUT2D eigenvalue weighted by atomic mass is 16.7. The van der Waals surface area contributed by atoms with E-state index >= 15 is 0 Å². The molecule has 1 aromatic carbocycles. The lowest BCUT2D eigenvalue weighted by molar-refractivity contribution is -0.289. The molecule has 14 nitrogen and oxygen atoms in total. The standard InChI is InChI=1S/C23H26O14/c1-31-16-9-2-3-12(25)36-18(9)19(17-10(16)4-5-32-17)37-21-15(28)14(27)13(26)11(35-21)6-33-22-20(29)23(30,7-24)8-34-22/h2-5,11,13-15,20-22,24,26-30H,6-8H2,1H3/t11-,13-,14+,15-,20-,21+,22+,23+/m1/s1. The lowest BCUT2D eigenvalue weighted by atomic mass is 9.99. The first-order valence-electron chi connectivity index (χ1n) is 11.3. The molecule has 2 aromatic heterocycles. The number of aliphatic hydroxyl groups excluding tert-OH is 5. The van der Waals surface area contributed by atoms with E-state index in [1.807, 2.05) is 0 Å². The molecular formula is C23H26O14. The zero-order chi connectivity index (χ0) is 26.5. The van der Waals surface area contributed by atoms with Gasteiger partial charge in [-0.25, -0.2) is 4.79 Å². The van der Waals surface area contributed by atoms with Crippen molar-refractivity contribution in [2.75, 3.05) is 26.9 Å². The fraction of sp³-hybridized carbons (Fsp3) is 0.522. The van der Waals surface area contributed by atoms with Gasteiger partial charge in [0.25, 0.3) is 0 Å². The molecule has 2 aliphatic heterocycles. The van der Waals surface area contributed by atoms with Crippen molar-refractivity contribution in [3.8, 4) is 11.5 Å². The normalized spacial score (nSPS) is 34.3. The summed E-state index contributed by atoms with van der Waals surface area (Å²) in [5.74, 6) is 0.225. The maximum absolute atomic E-state index is 12.0. The van der Waals surface area contributed by atoms with Crippen molar-refractivity contribution in [1.29, 1.82) is 0 Å². The van der Waals surface area contributed by atoms with Crippen LogP contribution in [0.2, 0.25) is 0 Å². The summed E-state index contributed by atoms with van der Waals surface area (Å²) in [5, 5.41) is 61.8. The quantitative estimate of drug-likeness (QED) is 0.188. The first-order chi connectivity index (χ1) is 17.7. The largest absolute Gasteiger partial charge is 0.495 e. The minimum absolute atomic E-state index is 0.0678. The predicted molar refractivity (Wildman–Crippen MR) is 120 cm³/mol. The Bertz CT molecular complexity index is 1320. The second kappa shape index (κ2) is 9.83. The topological polar surface area (TPSA) is 211 Å². The Kier molecular flexibility index (Phi) is 6.86. The second-order valence-electron chi connectivity index (χ2n) is 8.87. The number of aliphatic hydroxyl groups is 6. The van der Waals surface area contributed by atoms with Crippen molar-refractivity contribution >= 4 is 21.9 Å². The number of ether oxygens (including phenoxy) is 5. The Morgan fingerprint density at radius 1 is 1.00 bits per heavy atom. The molecule has 0 saturated carbocycles. The van der Waals surface area contributed by atoms with Crippen LogP contribution in [0.15, 0.2) is 38.1 Å². The van der Waals surface area contributed by atoms with Gasteiger partial charge in [0.1, 0.15) is 41.9 Å². The van der Waals surface area contributed by atoms with Crippen molar-refractivity contribution in [3.05, 3.63) is 34.9 Å². The Labute approximate surface area is 207 Å². The van der Waals surface area contributed by atoms with E-state index in [2.05, 4.69) is 0 Å². The van der Waals surface area contributed by atoms with Crippen molar-refractivity contribution in [3.63, 3.8) is 0 Å². The van der Waals surface area contributed by atoms with Gasteiger partial charge >= 0.3 is 5.63 Å². The Morgan fingerprint density at radius 2 is 1.76 bits per heavy atom. The molecule has 4 heterocycles. The molecule has 2 aliphatic rings. The van der Waals surface area contributed by atoms with Gasteiger partial charge in [-0.15, -0.1) is 0 Å². The van der Waals surface area contributed by atoms with Gasteiger partial charge in [-0.3, -0.25) is 0 Å². The lowest BCUT2D eigenvalue weighted by Crippen LogP contribution is -2.60. The van der Waals surface area contributed by atoms with E-state index < -0.39 is 74.1 Å². The summed E-state index contributed by atoms with van der Waals surface area (Å²) in [6, 6.07) is 4.25. The van der Waals surface area contributed by atoms with E-state index in [4.69, 9.17) is 32.5 Å². The van der Waals surface area contributed by atoms with Gasteiger partial charge in [-0.1, -0.05) is 0 Å². The van der Waals surface area contributed by atoms with Crippen LogP contribution >= 0.6 is 0 Å². The first-order valence-corrected chi connectivity index (χ1v) is 11.3. The highest BCUT2D eigenvalue weighted by Gasteiger charge is 2.50. The number of benzene rings is 1. The second-order valence-corrected chi connectivity index (χ2v) is 8.87. The van der Waals surface area contributed by atoms with Crippen LogP contribution in [-0.2, 0) is 14.2 Å². The Hall–Kier alpha value is -2.79. The molecule has 0 aliphatic carbocycles. The smallest absolute Gasteiger partial charge is 0.336 e. The summed E-state index contributed by atoms with van der Waals surface area (Å²) in [6.07, 6.45) is -9.65. The summed E-state index contributed by atoms with van der Waals surface area (Å²) in [6.45, 7) is -1.64. The zero-order valence-electron chi connectivity index (χ0n) is 19.4. The van der Waals surface area contributed by atoms with E-state index in [1.165, 1.54) is 25.5 Å². The highest BCUT2D eigenvalue weighted by Crippen LogP contribution is 2.43. The van der Waals surface area contributed by atoms with Crippen LogP contribution in [0.1, 0.15) is 0 Å². The molecule has 3 aromatic rings. The van der Waals surface area contributed by atoms with Crippen molar-refractivity contribution in [1.82, 2.24) is 0 Å². The van der Waals surface area contributed by atoms with E-state index in [0.29, 0.717) is 16.5 Å². The van der Waals surface area contributed by atoms with Crippen LogP contribution in [0.5, 0.6) is 11.5 Å². The van der Waals surface area contributed by atoms with Gasteiger partial charge in [0.2, 0.25) is 12.0 Å². The molecule has 202 valence electrons. The summed E-state index contributed by atoms with van der Waals surface area (Å²) in [7, 11) is 1.43. The lowest BCUT2D eigenvalue weighted by Gasteiger charge is -2.40. The number of hydrogen-bond donors (Lipinski definition) is 6. The first kappa shape index (κ1) is 25.8. The molecule has 0 amide bonds. The summed E-state index contributed by atoms with van der Waals surface area (Å²) in [5.41, 5.74) is -2.59. The molecule has 2 saturated heterocycles. The predicted octanol–water partition coefficient (Wildman–Crippen LogP) is -1.81. The zero-order valence-corrected chi connectivity index (χ0v) is 19.4. The monoisotopic (exact) mass is 526 g/mol. The van der Waals surface area contributed by atoms with Crippen LogP contribution in [0, 0.1) is 0 Å². The summed E-state index contributed by atoms with van der Waals surface area (Å²) >= 11 is 0. The Balaban J connectivity index is 1.42. The fourth-order valence-electron chi connectivity index (χ4n) is 4.40. The molecular weight excluding hydrogens is 500 g/mol. The molecule has 0 unspecified atom stereocenters. The molecule has 0 bridgehead atoms. The van der Waals surface area contributed by atoms with Crippen LogP contribution in [-0.4, -0.2) is 106 Å². The maximum Gasteiger partial charge on any atom is 0.336 e. The minimum Gasteiger partial charge on any atom is -0.495 e. The summed E-state index contributed by atoms with van der Waals surface area (Å²) < 4.78 is 38.4. The number of furan rings is 1. The number of rotatable bonds is 7. The van der Waals surface area contributed by atoms with E-state index in [-0.39, 0.29) is 16.9 Å². The maximum atomic E-state index is 12.0. The van der Waals surface area contributed by atoms with Gasteiger partial charge in [0.05, 0.1) is 44.0 Å². The molecule has 2 fully saturated rings. The average molecular weight is 526 g/mol. The molecule has 37 heavy (non-hydrogen) atoms. The number of fused-ring (bicyclic) bond motifs is 2. The average Bonchev–Trinajstić information content (AvgIpc) is 3.49. The van der Waals surface area contributed by atoms with Crippen LogP contribution in [0.3, 0.4) is 0 Å². The highest BCUT2D eigenvalue weighted by molar-refractivity contribution is 6.06. The van der Waals surface area contributed by atoms with Gasteiger partial charge in [-0.05, 0) is 12.1 Å². The van der Waals surface area contributed by atoms with Gasteiger partial charge in [-0.2, -0.15) is 0 Å². The number of methoxy groups -OCH3 is 1. The number of hydrogen-bond acceptors (Lipinski definition) is 14. The van der Waals surface area contributed by atoms with Crippen LogP contribution < -0.4 is 15.1 Å². The van der Waals surface area contributed by atoms with Gasteiger partial charge in [0, 0.05) is 6.07 Å². The van der Waals surface area contributed by atoms with Crippen LogP contribution in [0.25, 0.3) is 21.9 Å². The molecule has 5 rings (SSSR count). The third-order valence-corrected chi connectivity index (χ3v) is 6.51. The molecule has 14 heteroatoms. The third kappa shape index (κ3) is 4.35. The van der Waals surface area contributed by atoms with E-state index in [9.17, 15) is 35.4 Å². The molecule has 0 radical (unpaired) electrons. The molecule has 8 atom stereocenters. The third-order valence-electron chi connectivity index (χ3n) is 6.51. The van der Waals surface area contributed by atoms with Crippen molar-refractivity contribution in [2.24, 2.45) is 0 Å². The van der Waals surface area contributed by atoms with Gasteiger partial charge < -0.3 is 63.2 Å². The summed E-state index contributed by atoms with van der Waals surface area (Å²) in [4.78, 5) is 12.0. The molecule has 0 spiro atoms. The van der Waals surface area contributed by atoms with Crippen molar-refractivity contribution in [2.45, 2.75) is 48.7 Å². The van der Waals surface area contributed by atoms with Crippen LogP contribution in [0.4, 0.5) is 0 Å². The van der Waals surface area contributed by atoms with E-state index in [1.54, 1.807) is 6.07 Å². The SMILES string of the molecule is COc1c2ccoc2c(O[C@@H]2O[C@H](CO[C@H]3OC[C@@](O)(CO)[C@@H]3O)[C@@H](O)[C@H](O)[C@H]2O)c2oc(=O)ccc12. The molecule has 6 N–H and O–H groups in total. The minimum atomic E-state index is -1.92. The fourth-order valence-corrected chi connectivity index (χ4v) is 4.40. The van der Waals surface area contributed by atoms with E-state index in [0.717, 1.165) is 0 Å².